The third-order valence-corrected chi connectivity index (χ3v) is 4.36. The summed E-state index contributed by atoms with van der Waals surface area (Å²) >= 11 is 3.44. The van der Waals surface area contributed by atoms with Crippen molar-refractivity contribution in [1.29, 1.82) is 0 Å². The maximum atomic E-state index is 12.1. The van der Waals surface area contributed by atoms with Crippen LogP contribution in [0.4, 0.5) is 0 Å². The number of fused-ring (bicyclic) bond motifs is 1. The second kappa shape index (κ2) is 7.14. The number of benzene rings is 1. The van der Waals surface area contributed by atoms with Crippen molar-refractivity contribution >= 4 is 27.5 Å². The molecule has 2 aromatic heterocycles. The molecule has 0 bridgehead atoms. The van der Waals surface area contributed by atoms with Crippen LogP contribution in [0.2, 0.25) is 0 Å². The first-order valence-electron chi connectivity index (χ1n) is 7.85. The van der Waals surface area contributed by atoms with Crippen LogP contribution in [0.1, 0.15) is 28.8 Å². The van der Waals surface area contributed by atoms with Crippen LogP contribution in [-0.2, 0) is 11.2 Å². The van der Waals surface area contributed by atoms with Gasteiger partial charge in [-0.15, -0.1) is 10.2 Å². The highest BCUT2D eigenvalue weighted by atomic mass is 79.9. The van der Waals surface area contributed by atoms with E-state index < -0.39 is 5.97 Å². The molecule has 128 valence electrons. The normalized spacial score (nSPS) is 10.8. The van der Waals surface area contributed by atoms with E-state index in [9.17, 15) is 4.79 Å². The van der Waals surface area contributed by atoms with Gasteiger partial charge in [-0.05, 0) is 31.0 Å². The fraction of sp³-hybridized carbons (Fsp3) is 0.222. The fourth-order valence-electron chi connectivity index (χ4n) is 2.60. The number of nitrogens with zero attached hydrogens (tertiary/aromatic N) is 4. The van der Waals surface area contributed by atoms with E-state index in [1.165, 1.54) is 6.08 Å². The first kappa shape index (κ1) is 17.3. The molecule has 2 heterocycles. The minimum absolute atomic E-state index is 0.126. The topological polar surface area (TPSA) is 69.4 Å². The molecule has 3 rings (SSSR count). The summed E-state index contributed by atoms with van der Waals surface area (Å²) in [5, 5.41) is 13.0. The molecule has 0 saturated heterocycles. The Bertz CT molecular complexity index is 948. The van der Waals surface area contributed by atoms with Gasteiger partial charge in [-0.1, -0.05) is 47.6 Å². The van der Waals surface area contributed by atoms with Gasteiger partial charge in [0.15, 0.2) is 11.3 Å². The summed E-state index contributed by atoms with van der Waals surface area (Å²) in [6, 6.07) is 7.95. The van der Waals surface area contributed by atoms with Crippen molar-refractivity contribution in [2.45, 2.75) is 20.3 Å². The van der Waals surface area contributed by atoms with E-state index in [0.717, 1.165) is 27.7 Å². The molecule has 7 heteroatoms. The SMILES string of the molecule is C=CCOC(=O)c1nnc2c(-c3ccc(Br)cc3)c(CC)nn2c1C. The monoisotopic (exact) mass is 400 g/mol. The number of esters is 1. The summed E-state index contributed by atoms with van der Waals surface area (Å²) in [5.41, 5.74) is 4.20. The lowest BCUT2D eigenvalue weighted by atomic mass is 10.0. The van der Waals surface area contributed by atoms with E-state index in [0.29, 0.717) is 11.3 Å². The van der Waals surface area contributed by atoms with Gasteiger partial charge < -0.3 is 4.74 Å². The molecule has 0 aliphatic rings. The smallest absolute Gasteiger partial charge is 0.361 e. The van der Waals surface area contributed by atoms with Crippen LogP contribution < -0.4 is 0 Å². The molecule has 1 aromatic carbocycles. The van der Waals surface area contributed by atoms with Gasteiger partial charge in [0.25, 0.3) is 0 Å². The van der Waals surface area contributed by atoms with Gasteiger partial charge >= 0.3 is 5.97 Å². The summed E-state index contributed by atoms with van der Waals surface area (Å²) in [4.78, 5) is 12.1. The average molecular weight is 401 g/mol. The van der Waals surface area contributed by atoms with Gasteiger partial charge in [-0.2, -0.15) is 5.10 Å². The molecule has 3 aromatic rings. The number of carbonyl (C=O) groups excluding carboxylic acids is 1. The van der Waals surface area contributed by atoms with Crippen LogP contribution in [0.5, 0.6) is 0 Å². The third-order valence-electron chi connectivity index (χ3n) is 3.83. The quantitative estimate of drug-likeness (QED) is 0.481. The Balaban J connectivity index is 2.16. The van der Waals surface area contributed by atoms with Crippen molar-refractivity contribution in [3.05, 3.63) is 58.5 Å². The molecular weight excluding hydrogens is 384 g/mol. The highest BCUT2D eigenvalue weighted by Crippen LogP contribution is 2.29. The Hall–Kier alpha value is -2.54. The molecule has 0 fully saturated rings. The molecule has 0 atom stereocenters. The average Bonchev–Trinajstić information content (AvgIpc) is 3.00. The summed E-state index contributed by atoms with van der Waals surface area (Å²) < 4.78 is 7.72. The lowest BCUT2D eigenvalue weighted by molar-refractivity contribution is 0.0539. The maximum absolute atomic E-state index is 12.1. The summed E-state index contributed by atoms with van der Waals surface area (Å²) in [6.45, 7) is 7.47. The van der Waals surface area contributed by atoms with Gasteiger partial charge in [0.2, 0.25) is 0 Å². The number of ether oxygens (including phenoxy) is 1. The minimum Gasteiger partial charge on any atom is -0.457 e. The van der Waals surface area contributed by atoms with Gasteiger partial charge in [0, 0.05) is 4.47 Å². The van der Waals surface area contributed by atoms with E-state index in [1.54, 1.807) is 11.4 Å². The highest BCUT2D eigenvalue weighted by molar-refractivity contribution is 9.10. The Kier molecular flexibility index (Phi) is 4.94. The van der Waals surface area contributed by atoms with E-state index >= 15 is 0 Å². The zero-order valence-electron chi connectivity index (χ0n) is 14.0. The highest BCUT2D eigenvalue weighted by Gasteiger charge is 2.21. The number of carbonyl (C=O) groups is 1. The number of halogens is 1. The largest absolute Gasteiger partial charge is 0.457 e. The fourth-order valence-corrected chi connectivity index (χ4v) is 2.86. The molecule has 0 aliphatic heterocycles. The Morgan fingerprint density at radius 3 is 2.68 bits per heavy atom. The predicted molar refractivity (Wildman–Crippen MR) is 98.5 cm³/mol. The van der Waals surface area contributed by atoms with Crippen LogP contribution in [-0.4, -0.2) is 32.4 Å². The molecule has 0 unspecified atom stereocenters. The lowest BCUT2D eigenvalue weighted by Gasteiger charge is -2.06. The van der Waals surface area contributed by atoms with Crippen molar-refractivity contribution < 1.29 is 9.53 Å². The number of hydrogen-bond acceptors (Lipinski definition) is 5. The van der Waals surface area contributed by atoms with Crippen LogP contribution in [0.15, 0.2) is 41.4 Å². The standard InChI is InChI=1S/C18H17BrN4O2/c1-4-10-25-18(24)16-11(3)23-17(21-20-16)15(14(5-2)22-23)12-6-8-13(19)9-7-12/h4,6-9H,1,5,10H2,2-3H3. The summed E-state index contributed by atoms with van der Waals surface area (Å²) in [6.07, 6.45) is 2.25. The van der Waals surface area contributed by atoms with Gasteiger partial charge in [0.1, 0.15) is 6.61 Å². The van der Waals surface area contributed by atoms with Crippen molar-refractivity contribution in [3.63, 3.8) is 0 Å². The van der Waals surface area contributed by atoms with Crippen molar-refractivity contribution in [2.75, 3.05) is 6.61 Å². The molecule has 0 spiro atoms. The molecule has 6 nitrogen and oxygen atoms in total. The Morgan fingerprint density at radius 2 is 2.04 bits per heavy atom. The Labute approximate surface area is 153 Å². The molecule has 0 radical (unpaired) electrons. The van der Waals surface area contributed by atoms with Crippen LogP contribution in [0, 0.1) is 6.92 Å². The summed E-state index contributed by atoms with van der Waals surface area (Å²) in [5.74, 6) is -0.537. The van der Waals surface area contributed by atoms with E-state index in [-0.39, 0.29) is 12.3 Å². The van der Waals surface area contributed by atoms with Crippen LogP contribution in [0.3, 0.4) is 0 Å². The van der Waals surface area contributed by atoms with Crippen molar-refractivity contribution in [2.24, 2.45) is 0 Å². The second-order valence-corrected chi connectivity index (χ2v) is 6.35. The second-order valence-electron chi connectivity index (χ2n) is 5.44. The molecular formula is C18H17BrN4O2. The maximum Gasteiger partial charge on any atom is 0.361 e. The zero-order valence-corrected chi connectivity index (χ0v) is 15.6. The first-order chi connectivity index (χ1) is 12.1. The van der Waals surface area contributed by atoms with Gasteiger partial charge in [0.05, 0.1) is 17.0 Å². The van der Waals surface area contributed by atoms with Crippen molar-refractivity contribution in [1.82, 2.24) is 19.8 Å². The van der Waals surface area contributed by atoms with Gasteiger partial charge in [-0.3, -0.25) is 0 Å². The molecule has 25 heavy (non-hydrogen) atoms. The van der Waals surface area contributed by atoms with E-state index in [4.69, 9.17) is 4.74 Å². The van der Waals surface area contributed by atoms with E-state index in [1.807, 2.05) is 31.2 Å². The third kappa shape index (κ3) is 3.19. The molecule has 0 amide bonds. The number of rotatable bonds is 5. The van der Waals surface area contributed by atoms with E-state index in [2.05, 4.69) is 37.8 Å². The van der Waals surface area contributed by atoms with Crippen molar-refractivity contribution in [3.8, 4) is 11.1 Å². The van der Waals surface area contributed by atoms with Crippen LogP contribution >= 0.6 is 15.9 Å². The predicted octanol–water partition coefficient (Wildman–Crippen LogP) is 3.77. The van der Waals surface area contributed by atoms with Crippen LogP contribution in [0.25, 0.3) is 16.8 Å². The number of hydrogen-bond donors (Lipinski definition) is 0. The first-order valence-corrected chi connectivity index (χ1v) is 8.65. The minimum atomic E-state index is -0.537. The Morgan fingerprint density at radius 1 is 1.32 bits per heavy atom. The lowest BCUT2D eigenvalue weighted by Crippen LogP contribution is -2.14. The molecule has 0 N–H and O–H groups in total. The van der Waals surface area contributed by atoms with Gasteiger partial charge in [-0.25, -0.2) is 9.31 Å². The number of aryl methyl sites for hydroxylation is 2. The molecule has 0 saturated carbocycles. The number of aromatic nitrogens is 4. The summed E-state index contributed by atoms with van der Waals surface area (Å²) in [7, 11) is 0. The molecule has 0 aliphatic carbocycles. The zero-order chi connectivity index (χ0) is 18.0.